The van der Waals surface area contributed by atoms with Crippen LogP contribution in [0.1, 0.15) is 12.5 Å². The molecule has 0 unspecified atom stereocenters. The van der Waals surface area contributed by atoms with Crippen LogP contribution >= 0.6 is 0 Å². The molecule has 2 atom stereocenters. The van der Waals surface area contributed by atoms with Gasteiger partial charge in [-0.25, -0.2) is 9.59 Å². The molecular formula is C23H23N3O4. The van der Waals surface area contributed by atoms with E-state index < -0.39 is 30.0 Å². The van der Waals surface area contributed by atoms with Crippen LogP contribution in [0.5, 0.6) is 0 Å². The van der Waals surface area contributed by atoms with E-state index >= 15 is 0 Å². The lowest BCUT2D eigenvalue weighted by Gasteiger charge is -2.19. The minimum absolute atomic E-state index is 0.150. The first-order chi connectivity index (χ1) is 14.4. The number of carboxylic acid groups (broad SMARTS) is 1. The highest BCUT2D eigenvalue weighted by Gasteiger charge is 2.24. The van der Waals surface area contributed by atoms with Gasteiger partial charge in [-0.3, -0.25) is 4.79 Å². The fourth-order valence-corrected chi connectivity index (χ4v) is 3.10. The summed E-state index contributed by atoms with van der Waals surface area (Å²) in [5, 5.41) is 19.1. The van der Waals surface area contributed by atoms with Crippen LogP contribution < -0.4 is 16.0 Å². The molecule has 7 nitrogen and oxygen atoms in total. The minimum Gasteiger partial charge on any atom is -0.480 e. The van der Waals surface area contributed by atoms with E-state index in [1.165, 1.54) is 6.92 Å². The highest BCUT2D eigenvalue weighted by Crippen LogP contribution is 2.22. The van der Waals surface area contributed by atoms with Crippen molar-refractivity contribution in [2.45, 2.75) is 25.4 Å². The van der Waals surface area contributed by atoms with E-state index in [-0.39, 0.29) is 6.42 Å². The van der Waals surface area contributed by atoms with E-state index in [9.17, 15) is 19.5 Å². The van der Waals surface area contributed by atoms with E-state index in [0.717, 1.165) is 16.3 Å². The molecule has 0 aliphatic heterocycles. The highest BCUT2D eigenvalue weighted by molar-refractivity contribution is 6.02. The van der Waals surface area contributed by atoms with Crippen molar-refractivity contribution in [3.63, 3.8) is 0 Å². The molecule has 0 aliphatic rings. The molecule has 154 valence electrons. The number of amides is 3. The average Bonchev–Trinajstić information content (AvgIpc) is 2.74. The third-order valence-corrected chi connectivity index (χ3v) is 4.68. The Balaban J connectivity index is 1.60. The van der Waals surface area contributed by atoms with Crippen LogP contribution in [0, 0.1) is 0 Å². The normalized spacial score (nSPS) is 12.6. The number of carbonyl (C=O) groups excluding carboxylic acids is 2. The molecule has 3 rings (SSSR count). The van der Waals surface area contributed by atoms with Gasteiger partial charge in [0.2, 0.25) is 5.91 Å². The molecule has 0 saturated carbocycles. The molecule has 30 heavy (non-hydrogen) atoms. The average molecular weight is 405 g/mol. The summed E-state index contributed by atoms with van der Waals surface area (Å²) in [5.74, 6) is -1.72. The van der Waals surface area contributed by atoms with Crippen LogP contribution in [0.2, 0.25) is 0 Å². The summed E-state index contributed by atoms with van der Waals surface area (Å²) in [4.78, 5) is 36.3. The summed E-state index contributed by atoms with van der Waals surface area (Å²) in [7, 11) is 0. The Kier molecular flexibility index (Phi) is 6.64. The number of fused-ring (bicyclic) bond motifs is 1. The van der Waals surface area contributed by atoms with Gasteiger partial charge in [0.15, 0.2) is 0 Å². The second-order valence-electron chi connectivity index (χ2n) is 6.94. The number of aliphatic carboxylic acids is 1. The van der Waals surface area contributed by atoms with E-state index in [0.29, 0.717) is 5.69 Å². The molecule has 0 aromatic heterocycles. The Morgan fingerprint density at radius 3 is 2.27 bits per heavy atom. The number of rotatable bonds is 7. The maximum Gasteiger partial charge on any atom is 0.326 e. The lowest BCUT2D eigenvalue weighted by molar-refractivity contribution is -0.142. The van der Waals surface area contributed by atoms with Crippen molar-refractivity contribution in [1.29, 1.82) is 0 Å². The Labute approximate surface area is 174 Å². The largest absolute Gasteiger partial charge is 0.480 e. The first-order valence-electron chi connectivity index (χ1n) is 9.56. The summed E-state index contributed by atoms with van der Waals surface area (Å²) in [6, 6.07) is 19.6. The third kappa shape index (κ3) is 5.35. The van der Waals surface area contributed by atoms with E-state index in [1.54, 1.807) is 30.3 Å². The van der Waals surface area contributed by atoms with Crippen molar-refractivity contribution in [3.8, 4) is 0 Å². The number of nitrogens with one attached hydrogen (secondary N) is 3. The van der Waals surface area contributed by atoms with Gasteiger partial charge in [0.05, 0.1) is 5.69 Å². The summed E-state index contributed by atoms with van der Waals surface area (Å²) < 4.78 is 0. The van der Waals surface area contributed by atoms with Crippen LogP contribution in [-0.4, -0.2) is 35.1 Å². The summed E-state index contributed by atoms with van der Waals surface area (Å²) >= 11 is 0. The van der Waals surface area contributed by atoms with Gasteiger partial charge in [0.1, 0.15) is 12.1 Å². The molecule has 0 bridgehead atoms. The summed E-state index contributed by atoms with van der Waals surface area (Å²) in [5.41, 5.74) is 1.41. The van der Waals surface area contributed by atoms with Crippen molar-refractivity contribution in [2.75, 3.05) is 5.32 Å². The molecule has 0 heterocycles. The van der Waals surface area contributed by atoms with Crippen molar-refractivity contribution in [2.24, 2.45) is 0 Å². The highest BCUT2D eigenvalue weighted by atomic mass is 16.4. The SMILES string of the molecule is C[C@@H](NC(=O)Nc1cccc2ccccc12)C(=O)N[C@@H](Cc1ccccc1)C(=O)O. The predicted octanol–water partition coefficient (Wildman–Crippen LogP) is 3.16. The molecule has 0 spiro atoms. The van der Waals surface area contributed by atoms with Gasteiger partial charge in [-0.1, -0.05) is 66.7 Å². The molecule has 0 saturated heterocycles. The first kappa shape index (κ1) is 20.9. The van der Waals surface area contributed by atoms with Gasteiger partial charge in [0, 0.05) is 11.8 Å². The second kappa shape index (κ2) is 9.56. The number of anilines is 1. The fraction of sp³-hybridized carbons (Fsp3) is 0.174. The number of benzene rings is 3. The van der Waals surface area contributed by atoms with E-state index in [2.05, 4.69) is 16.0 Å². The standard InChI is InChI=1S/C23H23N3O4/c1-15(21(27)25-20(22(28)29)14-16-8-3-2-4-9-16)24-23(30)26-19-13-7-11-17-10-5-6-12-18(17)19/h2-13,15,20H,14H2,1H3,(H,25,27)(H,28,29)(H2,24,26,30)/t15-,20+/m1/s1. The quantitative estimate of drug-likeness (QED) is 0.484. The molecule has 3 aromatic carbocycles. The van der Waals surface area contributed by atoms with Crippen molar-refractivity contribution in [1.82, 2.24) is 10.6 Å². The van der Waals surface area contributed by atoms with Gasteiger partial charge in [-0.15, -0.1) is 0 Å². The molecule has 7 heteroatoms. The number of carboxylic acids is 1. The first-order valence-corrected chi connectivity index (χ1v) is 9.56. The topological polar surface area (TPSA) is 108 Å². The maximum atomic E-state index is 12.4. The zero-order valence-electron chi connectivity index (χ0n) is 16.5. The summed E-state index contributed by atoms with van der Waals surface area (Å²) in [6.45, 7) is 1.50. The van der Waals surface area contributed by atoms with Crippen LogP contribution in [0.3, 0.4) is 0 Å². The molecule has 3 amide bonds. The second-order valence-corrected chi connectivity index (χ2v) is 6.94. The number of carbonyl (C=O) groups is 3. The molecule has 0 aliphatic carbocycles. The lowest BCUT2D eigenvalue weighted by atomic mass is 10.1. The van der Waals surface area contributed by atoms with Crippen LogP contribution in [-0.2, 0) is 16.0 Å². The van der Waals surface area contributed by atoms with Gasteiger partial charge >= 0.3 is 12.0 Å². The van der Waals surface area contributed by atoms with Gasteiger partial charge in [-0.2, -0.15) is 0 Å². The molecular weight excluding hydrogens is 382 g/mol. The zero-order chi connectivity index (χ0) is 21.5. The Bertz CT molecular complexity index is 1050. The van der Waals surface area contributed by atoms with Crippen molar-refractivity contribution >= 4 is 34.4 Å². The zero-order valence-corrected chi connectivity index (χ0v) is 16.5. The molecule has 0 radical (unpaired) electrons. The van der Waals surface area contributed by atoms with Crippen molar-refractivity contribution in [3.05, 3.63) is 78.4 Å². The van der Waals surface area contributed by atoms with Crippen LogP contribution in [0.15, 0.2) is 72.8 Å². The van der Waals surface area contributed by atoms with Gasteiger partial charge in [-0.05, 0) is 23.9 Å². The van der Waals surface area contributed by atoms with E-state index in [1.807, 2.05) is 42.5 Å². The minimum atomic E-state index is -1.14. The van der Waals surface area contributed by atoms with Gasteiger partial charge < -0.3 is 21.1 Å². The Morgan fingerprint density at radius 2 is 1.53 bits per heavy atom. The lowest BCUT2D eigenvalue weighted by Crippen LogP contribution is -2.51. The Hall–Kier alpha value is -3.87. The smallest absolute Gasteiger partial charge is 0.326 e. The number of urea groups is 1. The number of hydrogen-bond donors (Lipinski definition) is 4. The number of hydrogen-bond acceptors (Lipinski definition) is 3. The van der Waals surface area contributed by atoms with Crippen molar-refractivity contribution < 1.29 is 19.5 Å². The molecule has 4 N–H and O–H groups in total. The monoisotopic (exact) mass is 405 g/mol. The van der Waals surface area contributed by atoms with Crippen LogP contribution in [0.25, 0.3) is 10.8 Å². The van der Waals surface area contributed by atoms with E-state index in [4.69, 9.17) is 0 Å². The Morgan fingerprint density at radius 1 is 0.867 bits per heavy atom. The summed E-state index contributed by atoms with van der Waals surface area (Å²) in [6.07, 6.45) is 0.150. The fourth-order valence-electron chi connectivity index (χ4n) is 3.10. The maximum absolute atomic E-state index is 12.4. The predicted molar refractivity (Wildman–Crippen MR) is 115 cm³/mol. The molecule has 0 fully saturated rings. The van der Waals surface area contributed by atoms with Crippen LogP contribution in [0.4, 0.5) is 10.5 Å². The van der Waals surface area contributed by atoms with Gasteiger partial charge in [0.25, 0.3) is 0 Å². The third-order valence-electron chi connectivity index (χ3n) is 4.68. The molecule has 3 aromatic rings.